The van der Waals surface area contributed by atoms with E-state index in [1.54, 1.807) is 6.92 Å². The monoisotopic (exact) mass is 326 g/mol. The Morgan fingerprint density at radius 3 is 2.65 bits per heavy atom. The first-order valence-electron chi connectivity index (χ1n) is 7.06. The average Bonchev–Trinajstić information content (AvgIpc) is 2.82. The standard InChI is InChI=1S/C14H18N2O7/c1-7-5-16(14(20)15-13(7)19)12-4-10(22-9(3)18)11(23-12)6-21-8(2)17/h5,10-12H,4,6H2,1-3H3,(H,15,19,20)/t10-,11+,12-/m0/s1. The van der Waals surface area contributed by atoms with Crippen LogP contribution in [0, 0.1) is 6.92 Å². The third kappa shape index (κ3) is 4.07. The molecule has 0 unspecified atom stereocenters. The van der Waals surface area contributed by atoms with Gasteiger partial charge in [-0.15, -0.1) is 0 Å². The van der Waals surface area contributed by atoms with E-state index in [0.29, 0.717) is 5.56 Å². The van der Waals surface area contributed by atoms with Crippen LogP contribution in [0.2, 0.25) is 0 Å². The maximum absolute atomic E-state index is 11.9. The SMILES string of the molecule is CC(=O)OC[C@H]1O[C@H](n2cc(C)c(=O)[nH]c2=O)C[C@@H]1OC(C)=O. The molecular weight excluding hydrogens is 308 g/mol. The van der Waals surface area contributed by atoms with E-state index in [0.717, 1.165) is 0 Å². The van der Waals surface area contributed by atoms with Crippen molar-refractivity contribution in [2.24, 2.45) is 0 Å². The number of carbonyl (C=O) groups is 2. The molecule has 9 heteroatoms. The fraction of sp³-hybridized carbons (Fsp3) is 0.571. The number of aromatic amines is 1. The third-order valence-electron chi connectivity index (χ3n) is 3.40. The second-order valence-electron chi connectivity index (χ2n) is 5.29. The van der Waals surface area contributed by atoms with Crippen LogP contribution in [0.3, 0.4) is 0 Å². The molecule has 0 spiro atoms. The molecule has 0 bridgehead atoms. The van der Waals surface area contributed by atoms with Crippen LogP contribution in [0.15, 0.2) is 15.8 Å². The highest BCUT2D eigenvalue weighted by Crippen LogP contribution is 2.30. The number of esters is 2. The first-order chi connectivity index (χ1) is 10.8. The Bertz CT molecular complexity index is 721. The van der Waals surface area contributed by atoms with Gasteiger partial charge in [0.05, 0.1) is 0 Å². The molecular formula is C14H18N2O7. The fourth-order valence-electron chi connectivity index (χ4n) is 2.36. The van der Waals surface area contributed by atoms with Gasteiger partial charge in [0.25, 0.3) is 5.56 Å². The minimum absolute atomic E-state index is 0.0964. The molecule has 23 heavy (non-hydrogen) atoms. The molecule has 0 aliphatic carbocycles. The molecule has 2 rings (SSSR count). The van der Waals surface area contributed by atoms with E-state index in [9.17, 15) is 19.2 Å². The normalized spacial score (nSPS) is 23.5. The summed E-state index contributed by atoms with van der Waals surface area (Å²) in [5, 5.41) is 0. The van der Waals surface area contributed by atoms with Gasteiger partial charge in [-0.3, -0.25) is 23.9 Å². The van der Waals surface area contributed by atoms with Crippen LogP contribution in [-0.2, 0) is 23.8 Å². The summed E-state index contributed by atoms with van der Waals surface area (Å²) in [6.45, 7) is 3.97. The van der Waals surface area contributed by atoms with Gasteiger partial charge in [-0.05, 0) is 6.92 Å². The molecule has 1 saturated heterocycles. The molecule has 1 aromatic heterocycles. The van der Waals surface area contributed by atoms with E-state index in [4.69, 9.17) is 14.2 Å². The van der Waals surface area contributed by atoms with Gasteiger partial charge < -0.3 is 14.2 Å². The van der Waals surface area contributed by atoms with Crippen LogP contribution < -0.4 is 11.2 Å². The van der Waals surface area contributed by atoms with Crippen LogP contribution in [-0.4, -0.2) is 40.3 Å². The molecule has 9 nitrogen and oxygen atoms in total. The van der Waals surface area contributed by atoms with Crippen molar-refractivity contribution < 1.29 is 23.8 Å². The molecule has 0 amide bonds. The number of nitrogens with zero attached hydrogens (tertiary/aromatic N) is 1. The van der Waals surface area contributed by atoms with E-state index in [1.165, 1.54) is 24.6 Å². The minimum atomic E-state index is -0.733. The van der Waals surface area contributed by atoms with Crippen LogP contribution >= 0.6 is 0 Å². The topological polar surface area (TPSA) is 117 Å². The Morgan fingerprint density at radius 1 is 1.35 bits per heavy atom. The lowest BCUT2D eigenvalue weighted by Gasteiger charge is -2.17. The number of aryl methyl sites for hydroxylation is 1. The van der Waals surface area contributed by atoms with Crippen LogP contribution in [0.25, 0.3) is 0 Å². The number of H-pyrrole nitrogens is 1. The first kappa shape index (κ1) is 16.9. The number of ether oxygens (including phenoxy) is 3. The average molecular weight is 326 g/mol. The van der Waals surface area contributed by atoms with Gasteiger partial charge in [0, 0.05) is 32.0 Å². The van der Waals surface area contributed by atoms with E-state index in [2.05, 4.69) is 4.98 Å². The molecule has 2 heterocycles. The zero-order chi connectivity index (χ0) is 17.1. The molecule has 1 aliphatic rings. The Kier molecular flexibility index (Phi) is 4.99. The van der Waals surface area contributed by atoms with Crippen molar-refractivity contribution in [3.63, 3.8) is 0 Å². The molecule has 3 atom stereocenters. The van der Waals surface area contributed by atoms with Crippen molar-refractivity contribution in [2.45, 2.75) is 45.6 Å². The zero-order valence-corrected chi connectivity index (χ0v) is 13.0. The summed E-state index contributed by atoms with van der Waals surface area (Å²) in [5.41, 5.74) is -0.752. The van der Waals surface area contributed by atoms with Gasteiger partial charge in [0.2, 0.25) is 0 Å². The number of nitrogens with one attached hydrogen (secondary N) is 1. The second-order valence-corrected chi connectivity index (χ2v) is 5.29. The third-order valence-corrected chi connectivity index (χ3v) is 3.40. The number of aromatic nitrogens is 2. The van der Waals surface area contributed by atoms with Crippen molar-refractivity contribution in [1.82, 2.24) is 9.55 Å². The van der Waals surface area contributed by atoms with Gasteiger partial charge in [0.1, 0.15) is 25.0 Å². The van der Waals surface area contributed by atoms with Gasteiger partial charge >= 0.3 is 17.6 Å². The first-order valence-corrected chi connectivity index (χ1v) is 7.06. The quantitative estimate of drug-likeness (QED) is 0.750. The highest BCUT2D eigenvalue weighted by atomic mass is 16.6. The van der Waals surface area contributed by atoms with E-state index >= 15 is 0 Å². The lowest BCUT2D eigenvalue weighted by Crippen LogP contribution is -2.33. The molecule has 1 aromatic rings. The Labute approximate surface area is 131 Å². The maximum Gasteiger partial charge on any atom is 0.330 e. The van der Waals surface area contributed by atoms with E-state index < -0.39 is 41.6 Å². The van der Waals surface area contributed by atoms with E-state index in [-0.39, 0.29) is 13.0 Å². The highest BCUT2D eigenvalue weighted by Gasteiger charge is 2.39. The molecule has 1 aliphatic heterocycles. The number of hydrogen-bond acceptors (Lipinski definition) is 7. The smallest absolute Gasteiger partial charge is 0.330 e. The summed E-state index contributed by atoms with van der Waals surface area (Å²) in [6, 6.07) is 0. The van der Waals surface area contributed by atoms with Gasteiger partial charge in [-0.2, -0.15) is 0 Å². The lowest BCUT2D eigenvalue weighted by atomic mass is 10.2. The summed E-state index contributed by atoms with van der Waals surface area (Å²) < 4.78 is 17.0. The van der Waals surface area contributed by atoms with Crippen molar-refractivity contribution in [1.29, 1.82) is 0 Å². The van der Waals surface area contributed by atoms with Crippen molar-refractivity contribution in [3.05, 3.63) is 32.6 Å². The van der Waals surface area contributed by atoms with Crippen molar-refractivity contribution in [2.75, 3.05) is 6.61 Å². The zero-order valence-electron chi connectivity index (χ0n) is 13.0. The highest BCUT2D eigenvalue weighted by molar-refractivity contribution is 5.66. The van der Waals surface area contributed by atoms with Crippen LogP contribution in [0.4, 0.5) is 0 Å². The summed E-state index contributed by atoms with van der Waals surface area (Å²) >= 11 is 0. The molecule has 126 valence electrons. The van der Waals surface area contributed by atoms with E-state index in [1.807, 2.05) is 0 Å². The predicted molar refractivity (Wildman–Crippen MR) is 76.8 cm³/mol. The lowest BCUT2D eigenvalue weighted by molar-refractivity contribution is -0.155. The molecule has 0 saturated carbocycles. The summed E-state index contributed by atoms with van der Waals surface area (Å²) in [4.78, 5) is 47.6. The molecule has 0 aromatic carbocycles. The fourth-order valence-corrected chi connectivity index (χ4v) is 2.36. The van der Waals surface area contributed by atoms with Crippen LogP contribution in [0.5, 0.6) is 0 Å². The minimum Gasteiger partial charge on any atom is -0.463 e. The predicted octanol–water partition coefficient (Wildman–Crippen LogP) is -0.373. The Hall–Kier alpha value is -2.42. The molecule has 0 radical (unpaired) electrons. The summed E-state index contributed by atoms with van der Waals surface area (Å²) in [5.74, 6) is -0.993. The van der Waals surface area contributed by atoms with Crippen molar-refractivity contribution >= 4 is 11.9 Å². The molecule has 1 fully saturated rings. The largest absolute Gasteiger partial charge is 0.463 e. The van der Waals surface area contributed by atoms with Crippen LogP contribution in [0.1, 0.15) is 32.1 Å². The van der Waals surface area contributed by atoms with Gasteiger partial charge in [0.15, 0.2) is 0 Å². The summed E-state index contributed by atoms with van der Waals surface area (Å²) in [7, 11) is 0. The number of carbonyl (C=O) groups excluding carboxylic acids is 2. The second kappa shape index (κ2) is 6.78. The number of rotatable bonds is 4. The van der Waals surface area contributed by atoms with Gasteiger partial charge in [-0.1, -0.05) is 0 Å². The molecule has 1 N–H and O–H groups in total. The van der Waals surface area contributed by atoms with Gasteiger partial charge in [-0.25, -0.2) is 4.79 Å². The van der Waals surface area contributed by atoms with Crippen molar-refractivity contribution in [3.8, 4) is 0 Å². The Balaban J connectivity index is 2.23. The Morgan fingerprint density at radius 2 is 2.04 bits per heavy atom. The maximum atomic E-state index is 11.9. The number of hydrogen-bond donors (Lipinski definition) is 1. The summed E-state index contributed by atoms with van der Waals surface area (Å²) in [6.07, 6.45) is -0.493.